The van der Waals surface area contributed by atoms with E-state index in [0.717, 1.165) is 4.47 Å². The number of esters is 1. The molecule has 0 spiro atoms. The van der Waals surface area contributed by atoms with Crippen LogP contribution in [-0.4, -0.2) is 17.7 Å². The van der Waals surface area contributed by atoms with E-state index in [1.165, 1.54) is 0 Å². The van der Waals surface area contributed by atoms with Crippen molar-refractivity contribution < 1.29 is 14.6 Å². The smallest absolute Gasteiger partial charge is 0.338 e. The molecule has 0 heterocycles. The lowest BCUT2D eigenvalue weighted by atomic mass is 9.86. The highest BCUT2D eigenvalue weighted by Crippen LogP contribution is 2.35. The van der Waals surface area contributed by atoms with Crippen molar-refractivity contribution in [3.63, 3.8) is 0 Å². The molecule has 134 valence electrons. The lowest BCUT2D eigenvalue weighted by Crippen LogP contribution is -2.26. The molecule has 7 heteroatoms. The van der Waals surface area contributed by atoms with Crippen molar-refractivity contribution in [3.8, 4) is 0 Å². The molecular weight excluding hydrogens is 452 g/mol. The number of nitrogens with two attached hydrogens (primary N) is 2. The van der Waals surface area contributed by atoms with Gasteiger partial charge in [-0.25, -0.2) is 4.79 Å². The van der Waals surface area contributed by atoms with Crippen LogP contribution in [-0.2, 0) is 16.8 Å². The number of carbonyl (C=O) groups excluding carboxylic acids is 1. The number of nitrogen functional groups attached to an aromatic ring is 2. The van der Waals surface area contributed by atoms with Crippen molar-refractivity contribution >= 4 is 49.2 Å². The summed E-state index contributed by atoms with van der Waals surface area (Å²) < 4.78 is 6.51. The molecule has 2 aromatic carbocycles. The highest BCUT2D eigenvalue weighted by Gasteiger charge is 2.29. The first-order chi connectivity index (χ1) is 11.7. The molecule has 0 aromatic heterocycles. The van der Waals surface area contributed by atoms with Gasteiger partial charge in [0.15, 0.2) is 0 Å². The van der Waals surface area contributed by atoms with Gasteiger partial charge in [0.2, 0.25) is 0 Å². The van der Waals surface area contributed by atoms with Crippen LogP contribution >= 0.6 is 31.9 Å². The SMILES string of the molecule is CCOC(=O)c1ccc(Br)c(N)c1CC(C)(O)c1ccc(Br)c(N)c1. The molecule has 0 fully saturated rings. The average molecular weight is 472 g/mol. The van der Waals surface area contributed by atoms with Crippen molar-refractivity contribution in [2.75, 3.05) is 18.1 Å². The second-order valence-electron chi connectivity index (χ2n) is 5.89. The van der Waals surface area contributed by atoms with Gasteiger partial charge in [-0.2, -0.15) is 0 Å². The van der Waals surface area contributed by atoms with Crippen LogP contribution in [0.25, 0.3) is 0 Å². The van der Waals surface area contributed by atoms with Gasteiger partial charge in [0, 0.05) is 21.1 Å². The van der Waals surface area contributed by atoms with Crippen molar-refractivity contribution in [2.24, 2.45) is 0 Å². The highest BCUT2D eigenvalue weighted by molar-refractivity contribution is 9.11. The number of halogens is 2. The Morgan fingerprint density at radius 2 is 1.84 bits per heavy atom. The lowest BCUT2D eigenvalue weighted by molar-refractivity contribution is 0.0504. The van der Waals surface area contributed by atoms with E-state index in [1.54, 1.807) is 44.2 Å². The number of aliphatic hydroxyl groups is 1. The molecular formula is C18H20Br2N2O3. The number of carbonyl (C=O) groups is 1. The molecule has 1 atom stereocenters. The first-order valence-corrected chi connectivity index (χ1v) is 9.27. The maximum absolute atomic E-state index is 12.2. The third kappa shape index (κ3) is 4.34. The Bertz CT molecular complexity index is 807. The minimum absolute atomic E-state index is 0.132. The standard InChI is InChI=1S/C18H20Br2N2O3/c1-3-25-17(23)11-5-7-14(20)16(22)12(11)9-18(2,24)10-4-6-13(19)15(21)8-10/h4-8,24H,3,9,21-22H2,1-2H3. The minimum atomic E-state index is -1.27. The Balaban J connectivity index is 2.48. The lowest BCUT2D eigenvalue weighted by Gasteiger charge is -2.26. The first-order valence-electron chi connectivity index (χ1n) is 7.69. The maximum Gasteiger partial charge on any atom is 0.338 e. The number of anilines is 2. The first kappa shape index (κ1) is 19.8. The van der Waals surface area contributed by atoms with E-state index in [2.05, 4.69) is 31.9 Å². The van der Waals surface area contributed by atoms with Crippen LogP contribution in [0.2, 0.25) is 0 Å². The normalized spacial score (nSPS) is 13.3. The van der Waals surface area contributed by atoms with E-state index in [9.17, 15) is 9.90 Å². The summed E-state index contributed by atoms with van der Waals surface area (Å²) in [6.45, 7) is 3.65. The molecule has 5 N–H and O–H groups in total. The molecule has 0 aliphatic rings. The Morgan fingerprint density at radius 3 is 2.44 bits per heavy atom. The van der Waals surface area contributed by atoms with Crippen LogP contribution in [0.15, 0.2) is 39.3 Å². The molecule has 0 aliphatic heterocycles. The van der Waals surface area contributed by atoms with Gasteiger partial charge in [-0.3, -0.25) is 0 Å². The summed E-state index contributed by atoms with van der Waals surface area (Å²) in [4.78, 5) is 12.2. The van der Waals surface area contributed by atoms with Gasteiger partial charge in [0.05, 0.1) is 23.5 Å². The number of hydrogen-bond donors (Lipinski definition) is 3. The predicted octanol–water partition coefficient (Wildman–Crippen LogP) is 4.00. The predicted molar refractivity (Wildman–Crippen MR) is 106 cm³/mol. The van der Waals surface area contributed by atoms with Crippen LogP contribution in [0.1, 0.15) is 35.3 Å². The molecule has 25 heavy (non-hydrogen) atoms. The van der Waals surface area contributed by atoms with E-state index in [1.807, 2.05) is 0 Å². The van der Waals surface area contributed by atoms with Gasteiger partial charge in [0.1, 0.15) is 0 Å². The fraction of sp³-hybridized carbons (Fsp3) is 0.278. The van der Waals surface area contributed by atoms with E-state index in [-0.39, 0.29) is 13.0 Å². The van der Waals surface area contributed by atoms with Crippen LogP contribution in [0.3, 0.4) is 0 Å². The largest absolute Gasteiger partial charge is 0.462 e. The summed E-state index contributed by atoms with van der Waals surface area (Å²) in [7, 11) is 0. The molecule has 0 saturated heterocycles. The zero-order valence-corrected chi connectivity index (χ0v) is 17.1. The quantitative estimate of drug-likeness (QED) is 0.452. The zero-order chi connectivity index (χ0) is 18.8. The summed E-state index contributed by atoms with van der Waals surface area (Å²) in [5.41, 5.74) is 13.2. The topological polar surface area (TPSA) is 98.6 Å². The Morgan fingerprint density at radius 1 is 1.20 bits per heavy atom. The summed E-state index contributed by atoms with van der Waals surface area (Å²) in [6.07, 6.45) is 0.132. The maximum atomic E-state index is 12.2. The molecule has 0 aliphatic carbocycles. The third-order valence-corrected chi connectivity index (χ3v) is 5.35. The van der Waals surface area contributed by atoms with Crippen molar-refractivity contribution in [1.29, 1.82) is 0 Å². The van der Waals surface area contributed by atoms with Gasteiger partial charge in [-0.05, 0) is 81.1 Å². The molecule has 0 amide bonds. The van der Waals surface area contributed by atoms with Gasteiger partial charge in [-0.15, -0.1) is 0 Å². The second-order valence-corrected chi connectivity index (χ2v) is 7.60. The second kappa shape index (κ2) is 7.76. The van der Waals surface area contributed by atoms with Gasteiger partial charge >= 0.3 is 5.97 Å². The highest BCUT2D eigenvalue weighted by atomic mass is 79.9. The Labute approximate surface area is 163 Å². The fourth-order valence-electron chi connectivity index (χ4n) is 2.55. The summed E-state index contributed by atoms with van der Waals surface area (Å²) in [6, 6.07) is 8.58. The number of rotatable bonds is 5. The van der Waals surface area contributed by atoms with E-state index in [4.69, 9.17) is 16.2 Å². The van der Waals surface area contributed by atoms with Crippen molar-refractivity contribution in [2.45, 2.75) is 25.9 Å². The molecule has 2 aromatic rings. The summed E-state index contributed by atoms with van der Waals surface area (Å²) >= 11 is 6.71. The van der Waals surface area contributed by atoms with Crippen molar-refractivity contribution in [3.05, 3.63) is 56.0 Å². The number of benzene rings is 2. The molecule has 0 saturated carbocycles. The Kier molecular flexibility index (Phi) is 6.13. The molecule has 1 unspecified atom stereocenters. The minimum Gasteiger partial charge on any atom is -0.462 e. The summed E-state index contributed by atoms with van der Waals surface area (Å²) in [5, 5.41) is 11.0. The van der Waals surface area contributed by atoms with Crippen molar-refractivity contribution in [1.82, 2.24) is 0 Å². The van der Waals surface area contributed by atoms with Gasteiger partial charge in [0.25, 0.3) is 0 Å². The molecule has 2 rings (SSSR count). The molecule has 0 radical (unpaired) electrons. The van der Waals surface area contributed by atoms with Gasteiger partial charge < -0.3 is 21.3 Å². The van der Waals surface area contributed by atoms with Crippen LogP contribution in [0, 0.1) is 0 Å². The van der Waals surface area contributed by atoms with Crippen LogP contribution in [0.5, 0.6) is 0 Å². The zero-order valence-electron chi connectivity index (χ0n) is 14.0. The van der Waals surface area contributed by atoms with Crippen LogP contribution in [0.4, 0.5) is 11.4 Å². The van der Waals surface area contributed by atoms with Gasteiger partial charge in [-0.1, -0.05) is 6.07 Å². The van der Waals surface area contributed by atoms with Crippen LogP contribution < -0.4 is 11.5 Å². The molecule has 0 bridgehead atoms. The number of hydrogen-bond acceptors (Lipinski definition) is 5. The monoisotopic (exact) mass is 470 g/mol. The number of ether oxygens (including phenoxy) is 1. The Hall–Kier alpha value is -1.57. The van der Waals surface area contributed by atoms with E-state index < -0.39 is 11.6 Å². The van der Waals surface area contributed by atoms with E-state index in [0.29, 0.717) is 32.5 Å². The average Bonchev–Trinajstić information content (AvgIpc) is 2.54. The third-order valence-electron chi connectivity index (χ3n) is 3.94. The molecule has 5 nitrogen and oxygen atoms in total. The fourth-order valence-corrected chi connectivity index (χ4v) is 3.17. The van der Waals surface area contributed by atoms with E-state index >= 15 is 0 Å². The summed E-state index contributed by atoms with van der Waals surface area (Å²) in [5.74, 6) is -0.470.